The third-order valence-electron chi connectivity index (χ3n) is 5.31. The summed E-state index contributed by atoms with van der Waals surface area (Å²) in [5, 5.41) is 5.26. The molecule has 0 fully saturated rings. The van der Waals surface area contributed by atoms with Gasteiger partial charge in [-0.3, -0.25) is 4.79 Å². The number of carbonyl (C=O) groups excluding carboxylic acids is 1. The van der Waals surface area contributed by atoms with Crippen molar-refractivity contribution in [2.45, 2.75) is 51.5 Å². The third-order valence-corrected chi connectivity index (χ3v) is 5.31. The Morgan fingerprint density at radius 2 is 2.04 bits per heavy atom. The van der Waals surface area contributed by atoms with Crippen LogP contribution in [0.1, 0.15) is 60.1 Å². The molecule has 1 atom stereocenters. The number of nitrogens with two attached hydrogens (primary N) is 1. The molecule has 0 bridgehead atoms. The number of anilines is 1. The minimum Gasteiger partial charge on any atom is -0.397 e. The topological polar surface area (TPSA) is 73.8 Å². The van der Waals surface area contributed by atoms with Crippen LogP contribution in [0.25, 0.3) is 11.0 Å². The molecule has 0 radical (unpaired) electrons. The minimum atomic E-state index is -0.134. The average molecular weight is 348 g/mol. The molecular weight excluding hydrogens is 324 g/mol. The van der Waals surface area contributed by atoms with E-state index in [4.69, 9.17) is 10.7 Å². The first-order valence-electron chi connectivity index (χ1n) is 9.43. The Morgan fingerprint density at radius 3 is 2.81 bits per heavy atom. The molecule has 134 valence electrons. The first-order valence-corrected chi connectivity index (χ1v) is 9.43. The summed E-state index contributed by atoms with van der Waals surface area (Å²) in [6.07, 6.45) is 6.70. The molecule has 0 spiro atoms. The SMILES string of the molecule is CCCCCn1ncc2c(N)c3c(nc21)CCC(c1ccccc1)C3=O. The van der Waals surface area contributed by atoms with Crippen LogP contribution in [0.3, 0.4) is 0 Å². The van der Waals surface area contributed by atoms with Gasteiger partial charge in [0.15, 0.2) is 11.4 Å². The summed E-state index contributed by atoms with van der Waals surface area (Å²) in [4.78, 5) is 17.9. The zero-order valence-electron chi connectivity index (χ0n) is 15.1. The number of Topliss-reactive ketones (excluding diaryl/α,β-unsaturated/α-hetero) is 1. The number of ketones is 1. The van der Waals surface area contributed by atoms with E-state index in [2.05, 4.69) is 12.0 Å². The van der Waals surface area contributed by atoms with E-state index in [-0.39, 0.29) is 11.7 Å². The number of pyridine rings is 1. The van der Waals surface area contributed by atoms with Crippen LogP contribution in [0, 0.1) is 0 Å². The molecule has 2 heterocycles. The highest BCUT2D eigenvalue weighted by Gasteiger charge is 2.32. The van der Waals surface area contributed by atoms with Crippen molar-refractivity contribution in [1.29, 1.82) is 0 Å². The van der Waals surface area contributed by atoms with E-state index in [0.717, 1.165) is 48.1 Å². The van der Waals surface area contributed by atoms with Crippen molar-refractivity contribution in [2.75, 3.05) is 5.73 Å². The van der Waals surface area contributed by atoms with E-state index in [0.29, 0.717) is 11.3 Å². The van der Waals surface area contributed by atoms with Crippen molar-refractivity contribution in [3.05, 3.63) is 53.3 Å². The maximum atomic E-state index is 13.2. The number of aryl methyl sites for hydroxylation is 2. The van der Waals surface area contributed by atoms with Gasteiger partial charge in [0.1, 0.15) is 0 Å². The summed E-state index contributed by atoms with van der Waals surface area (Å²) in [6, 6.07) is 9.95. The molecule has 5 heteroatoms. The van der Waals surface area contributed by atoms with Crippen molar-refractivity contribution in [2.24, 2.45) is 0 Å². The van der Waals surface area contributed by atoms with Crippen LogP contribution in [0.2, 0.25) is 0 Å². The quantitative estimate of drug-likeness (QED) is 0.704. The van der Waals surface area contributed by atoms with Crippen molar-refractivity contribution >= 4 is 22.5 Å². The molecular formula is C21H24N4O. The molecule has 5 nitrogen and oxygen atoms in total. The fourth-order valence-electron chi connectivity index (χ4n) is 3.88. The van der Waals surface area contributed by atoms with Crippen molar-refractivity contribution in [1.82, 2.24) is 14.8 Å². The maximum absolute atomic E-state index is 13.2. The number of aromatic nitrogens is 3. The van der Waals surface area contributed by atoms with Crippen LogP contribution in [0.4, 0.5) is 5.69 Å². The molecule has 4 rings (SSSR count). The van der Waals surface area contributed by atoms with Gasteiger partial charge >= 0.3 is 0 Å². The van der Waals surface area contributed by atoms with Crippen LogP contribution in [0.15, 0.2) is 36.5 Å². The lowest BCUT2D eigenvalue weighted by Gasteiger charge is -2.24. The third kappa shape index (κ3) is 2.77. The van der Waals surface area contributed by atoms with Gasteiger partial charge < -0.3 is 5.73 Å². The highest BCUT2D eigenvalue weighted by atomic mass is 16.1. The number of rotatable bonds is 5. The van der Waals surface area contributed by atoms with Gasteiger partial charge in [0, 0.05) is 12.5 Å². The predicted octanol–water partition coefficient (Wildman–Crippen LogP) is 4.12. The Labute approximate surface area is 153 Å². The van der Waals surface area contributed by atoms with Crippen molar-refractivity contribution in [3.63, 3.8) is 0 Å². The van der Waals surface area contributed by atoms with Crippen molar-refractivity contribution in [3.8, 4) is 0 Å². The normalized spacial score (nSPS) is 16.8. The Morgan fingerprint density at radius 1 is 1.23 bits per heavy atom. The minimum absolute atomic E-state index is 0.0862. The first kappa shape index (κ1) is 16.8. The lowest BCUT2D eigenvalue weighted by atomic mass is 9.80. The zero-order valence-corrected chi connectivity index (χ0v) is 15.1. The van der Waals surface area contributed by atoms with E-state index in [9.17, 15) is 4.79 Å². The molecule has 1 aliphatic rings. The molecule has 3 aromatic rings. The molecule has 2 aromatic heterocycles. The fraction of sp³-hybridized carbons (Fsp3) is 0.381. The highest BCUT2D eigenvalue weighted by Crippen LogP contribution is 2.37. The lowest BCUT2D eigenvalue weighted by Crippen LogP contribution is -2.24. The second-order valence-electron chi connectivity index (χ2n) is 7.03. The Kier molecular flexibility index (Phi) is 4.45. The molecule has 1 aromatic carbocycles. The Hall–Kier alpha value is -2.69. The second kappa shape index (κ2) is 6.90. The summed E-state index contributed by atoms with van der Waals surface area (Å²) in [7, 11) is 0. The van der Waals surface area contributed by atoms with E-state index < -0.39 is 0 Å². The predicted molar refractivity (Wildman–Crippen MR) is 103 cm³/mol. The van der Waals surface area contributed by atoms with Crippen LogP contribution < -0.4 is 5.73 Å². The molecule has 0 saturated carbocycles. The summed E-state index contributed by atoms with van der Waals surface area (Å²) in [5.41, 5.74) is 10.3. The van der Waals surface area contributed by atoms with E-state index in [1.54, 1.807) is 6.20 Å². The Bertz CT molecular complexity index is 946. The van der Waals surface area contributed by atoms with Crippen LogP contribution in [0.5, 0.6) is 0 Å². The molecule has 0 aliphatic heterocycles. The van der Waals surface area contributed by atoms with Gasteiger partial charge in [0.25, 0.3) is 0 Å². The van der Waals surface area contributed by atoms with E-state index >= 15 is 0 Å². The van der Waals surface area contributed by atoms with Gasteiger partial charge in [-0.05, 0) is 24.8 Å². The molecule has 26 heavy (non-hydrogen) atoms. The Balaban J connectivity index is 1.73. The largest absolute Gasteiger partial charge is 0.397 e. The number of carbonyl (C=O) groups is 1. The monoisotopic (exact) mass is 348 g/mol. The molecule has 1 unspecified atom stereocenters. The van der Waals surface area contributed by atoms with Gasteiger partial charge in [-0.2, -0.15) is 5.10 Å². The van der Waals surface area contributed by atoms with E-state index in [1.165, 1.54) is 12.8 Å². The molecule has 2 N–H and O–H groups in total. The van der Waals surface area contributed by atoms with Gasteiger partial charge in [-0.25, -0.2) is 9.67 Å². The summed E-state index contributed by atoms with van der Waals surface area (Å²) in [6.45, 7) is 3.02. The number of hydrogen-bond acceptors (Lipinski definition) is 4. The summed E-state index contributed by atoms with van der Waals surface area (Å²) < 4.78 is 1.93. The highest BCUT2D eigenvalue weighted by molar-refractivity contribution is 6.11. The number of hydrogen-bond donors (Lipinski definition) is 1. The standard InChI is InChI=1S/C21H24N4O/c1-2-3-7-12-25-21-16(13-23-25)19(22)18-17(24-21)11-10-15(20(18)26)14-8-5-4-6-9-14/h4-6,8-9,13,15H,2-3,7,10-12H2,1H3,(H2,22,24). The van der Waals surface area contributed by atoms with E-state index in [1.807, 2.05) is 35.0 Å². The van der Waals surface area contributed by atoms with Crippen LogP contribution in [-0.2, 0) is 13.0 Å². The smallest absolute Gasteiger partial charge is 0.174 e. The number of unbranched alkanes of at least 4 members (excludes halogenated alkanes) is 2. The summed E-state index contributed by atoms with van der Waals surface area (Å²) >= 11 is 0. The van der Waals surface area contributed by atoms with Crippen LogP contribution in [-0.4, -0.2) is 20.5 Å². The van der Waals surface area contributed by atoms with Crippen molar-refractivity contribution < 1.29 is 4.79 Å². The number of fused-ring (bicyclic) bond motifs is 2. The van der Waals surface area contributed by atoms with Gasteiger partial charge in [-0.15, -0.1) is 0 Å². The summed E-state index contributed by atoms with van der Waals surface area (Å²) in [5.74, 6) is -0.0482. The van der Waals surface area contributed by atoms with Gasteiger partial charge in [0.05, 0.1) is 28.5 Å². The first-order chi connectivity index (χ1) is 12.7. The maximum Gasteiger partial charge on any atom is 0.174 e. The lowest BCUT2D eigenvalue weighted by molar-refractivity contribution is 0.0946. The molecule has 0 amide bonds. The average Bonchev–Trinajstić information content (AvgIpc) is 3.06. The fourth-order valence-corrected chi connectivity index (χ4v) is 3.88. The second-order valence-corrected chi connectivity index (χ2v) is 7.03. The van der Waals surface area contributed by atoms with Crippen LogP contribution >= 0.6 is 0 Å². The van der Waals surface area contributed by atoms with Gasteiger partial charge in [-0.1, -0.05) is 50.1 Å². The number of nitrogen functional groups attached to an aromatic ring is 1. The van der Waals surface area contributed by atoms with Gasteiger partial charge in [0.2, 0.25) is 0 Å². The zero-order chi connectivity index (χ0) is 18.1. The number of benzene rings is 1. The number of nitrogens with zero attached hydrogens (tertiary/aromatic N) is 3. The molecule has 1 aliphatic carbocycles. The molecule has 0 saturated heterocycles.